The molecule has 0 aliphatic carbocycles. The summed E-state index contributed by atoms with van der Waals surface area (Å²) in [5, 5.41) is 9.11. The van der Waals surface area contributed by atoms with E-state index in [1.807, 2.05) is 0 Å². The van der Waals surface area contributed by atoms with Gasteiger partial charge in [-0.3, -0.25) is 9.59 Å². The fourth-order valence-electron chi connectivity index (χ4n) is 4.83. The molecule has 2 aromatic rings. The molecule has 1 aromatic heterocycles. The molecule has 4 rings (SSSR count). The highest BCUT2D eigenvalue weighted by Gasteiger charge is 2.27. The highest BCUT2D eigenvalue weighted by molar-refractivity contribution is 5.89. The topological polar surface area (TPSA) is 86.4 Å². The summed E-state index contributed by atoms with van der Waals surface area (Å²) in [5.74, 6) is 2.32. The van der Waals surface area contributed by atoms with Crippen molar-refractivity contribution in [2.75, 3.05) is 36.4 Å². The zero-order valence-corrected chi connectivity index (χ0v) is 20.6. The second-order valence-electron chi connectivity index (χ2n) is 9.94. The number of carbonyl (C=O) groups is 2. The minimum absolute atomic E-state index is 0.0467. The lowest BCUT2D eigenvalue weighted by Gasteiger charge is -2.34. The monoisotopic (exact) mass is 463 g/mol. The summed E-state index contributed by atoms with van der Waals surface area (Å²) in [5.41, 5.74) is 4.18. The number of hydrogen-bond acceptors (Lipinski definition) is 5. The molecule has 1 unspecified atom stereocenters. The molecule has 2 amide bonds. The van der Waals surface area contributed by atoms with Crippen LogP contribution in [0.5, 0.6) is 0 Å². The molecule has 7 nitrogen and oxygen atoms in total. The number of nitrogens with zero attached hydrogens (tertiary/aromatic N) is 2. The van der Waals surface area contributed by atoms with Crippen molar-refractivity contribution in [3.05, 3.63) is 47.7 Å². The molecule has 0 saturated carbocycles. The van der Waals surface area contributed by atoms with Crippen LogP contribution in [-0.2, 0) is 16.0 Å². The maximum atomic E-state index is 12.1. The fourth-order valence-corrected chi connectivity index (χ4v) is 4.83. The van der Waals surface area contributed by atoms with Gasteiger partial charge in [0.1, 0.15) is 5.82 Å². The molecule has 0 bridgehead atoms. The number of pyridine rings is 1. The summed E-state index contributed by atoms with van der Waals surface area (Å²) in [7, 11) is 0. The molecule has 2 aliphatic heterocycles. The highest BCUT2D eigenvalue weighted by Crippen LogP contribution is 2.29. The van der Waals surface area contributed by atoms with Crippen molar-refractivity contribution in [2.24, 2.45) is 17.8 Å². The van der Waals surface area contributed by atoms with Crippen molar-refractivity contribution >= 4 is 29.0 Å². The van der Waals surface area contributed by atoms with E-state index in [9.17, 15) is 9.59 Å². The molecule has 1 aromatic carbocycles. The van der Waals surface area contributed by atoms with Crippen LogP contribution in [0.25, 0.3) is 0 Å². The van der Waals surface area contributed by atoms with E-state index >= 15 is 0 Å². The summed E-state index contributed by atoms with van der Waals surface area (Å²) in [6, 6.07) is 12.5. The predicted molar refractivity (Wildman–Crippen MR) is 136 cm³/mol. The van der Waals surface area contributed by atoms with Crippen LogP contribution in [0.2, 0.25) is 0 Å². The van der Waals surface area contributed by atoms with Gasteiger partial charge in [-0.05, 0) is 67.9 Å². The Hall–Kier alpha value is -3.09. The first-order chi connectivity index (χ1) is 16.4. The summed E-state index contributed by atoms with van der Waals surface area (Å²) < 4.78 is 0. The number of carbonyl (C=O) groups excluding carboxylic acids is 2. The quantitative estimate of drug-likeness (QED) is 0.554. The number of hydrogen-bond donors (Lipinski definition) is 3. The Labute approximate surface area is 202 Å². The van der Waals surface area contributed by atoms with Crippen LogP contribution in [0.4, 0.5) is 17.2 Å². The average molecular weight is 464 g/mol. The molecule has 0 spiro atoms. The first-order valence-electron chi connectivity index (χ1n) is 12.5. The van der Waals surface area contributed by atoms with Gasteiger partial charge in [0.15, 0.2) is 0 Å². The number of piperidine rings is 1. The third kappa shape index (κ3) is 6.07. The molecule has 2 aliphatic rings. The number of rotatable bonds is 8. The standard InChI is InChI=1S/C27H37N5O2/c1-18(2)21-11-14-32(15-12-21)25-9-8-24(19(3)30-25)31-23-6-4-20(5-7-23)10-13-28-27(34)22-16-26(33)29-17-22/h4-9,18,21-22,31H,10-17H2,1-3H3,(H,28,34)(H,29,33). The van der Waals surface area contributed by atoms with Gasteiger partial charge in [0.25, 0.3) is 0 Å². The Morgan fingerprint density at radius 3 is 2.50 bits per heavy atom. The Morgan fingerprint density at radius 1 is 1.15 bits per heavy atom. The Morgan fingerprint density at radius 2 is 1.88 bits per heavy atom. The van der Waals surface area contributed by atoms with Gasteiger partial charge in [0.05, 0.1) is 17.3 Å². The van der Waals surface area contributed by atoms with Crippen molar-refractivity contribution in [2.45, 2.75) is 46.5 Å². The summed E-state index contributed by atoms with van der Waals surface area (Å²) in [6.45, 7) is 9.88. The number of anilines is 3. The first kappa shape index (κ1) is 24.0. The Bertz CT molecular complexity index is 997. The molecular weight excluding hydrogens is 426 g/mol. The molecule has 3 heterocycles. The molecule has 0 radical (unpaired) electrons. The number of benzene rings is 1. The van der Waals surface area contributed by atoms with E-state index in [-0.39, 0.29) is 24.2 Å². The normalized spacial score (nSPS) is 18.8. The zero-order valence-electron chi connectivity index (χ0n) is 20.6. The van der Waals surface area contributed by atoms with Crippen molar-refractivity contribution in [3.63, 3.8) is 0 Å². The lowest BCUT2D eigenvalue weighted by atomic mass is 9.87. The summed E-state index contributed by atoms with van der Waals surface area (Å²) in [4.78, 5) is 30.6. The highest BCUT2D eigenvalue weighted by atomic mass is 16.2. The van der Waals surface area contributed by atoms with Crippen LogP contribution in [0, 0.1) is 24.7 Å². The van der Waals surface area contributed by atoms with Crippen molar-refractivity contribution in [1.29, 1.82) is 0 Å². The molecule has 1 atom stereocenters. The molecule has 2 saturated heterocycles. The first-order valence-corrected chi connectivity index (χ1v) is 12.5. The molecule has 3 N–H and O–H groups in total. The average Bonchev–Trinajstić information content (AvgIpc) is 3.28. The molecule has 34 heavy (non-hydrogen) atoms. The fraction of sp³-hybridized carbons (Fsp3) is 0.519. The van der Waals surface area contributed by atoms with E-state index in [4.69, 9.17) is 4.98 Å². The zero-order chi connectivity index (χ0) is 24.1. The molecule has 182 valence electrons. The Balaban J connectivity index is 1.26. The van der Waals surface area contributed by atoms with Crippen LogP contribution in [-0.4, -0.2) is 43.0 Å². The van der Waals surface area contributed by atoms with Gasteiger partial charge in [-0.25, -0.2) is 4.98 Å². The van der Waals surface area contributed by atoms with E-state index in [1.165, 1.54) is 12.8 Å². The third-order valence-electron chi connectivity index (χ3n) is 7.17. The SMILES string of the molecule is Cc1nc(N2CCC(C(C)C)CC2)ccc1Nc1ccc(CCNC(=O)C2CNC(=O)C2)cc1. The summed E-state index contributed by atoms with van der Waals surface area (Å²) in [6.07, 6.45) is 3.53. The number of aromatic nitrogens is 1. The second-order valence-corrected chi connectivity index (χ2v) is 9.94. The van der Waals surface area contributed by atoms with Gasteiger partial charge in [-0.2, -0.15) is 0 Å². The lowest BCUT2D eigenvalue weighted by Crippen LogP contribution is -2.35. The minimum atomic E-state index is -0.241. The van der Waals surface area contributed by atoms with Crippen molar-refractivity contribution in [1.82, 2.24) is 15.6 Å². The molecule has 7 heteroatoms. The van der Waals surface area contributed by atoms with Crippen LogP contribution >= 0.6 is 0 Å². The van der Waals surface area contributed by atoms with Crippen LogP contribution in [0.1, 0.15) is 44.4 Å². The number of aryl methyl sites for hydroxylation is 1. The smallest absolute Gasteiger partial charge is 0.225 e. The minimum Gasteiger partial charge on any atom is -0.357 e. The van der Waals surface area contributed by atoms with E-state index in [2.05, 4.69) is 78.0 Å². The van der Waals surface area contributed by atoms with E-state index in [0.717, 1.165) is 59.8 Å². The maximum Gasteiger partial charge on any atom is 0.225 e. The largest absolute Gasteiger partial charge is 0.357 e. The van der Waals surface area contributed by atoms with Gasteiger partial charge in [0, 0.05) is 38.3 Å². The van der Waals surface area contributed by atoms with E-state index < -0.39 is 0 Å². The van der Waals surface area contributed by atoms with Gasteiger partial charge in [-0.1, -0.05) is 26.0 Å². The number of nitrogens with one attached hydrogen (secondary N) is 3. The van der Waals surface area contributed by atoms with Crippen molar-refractivity contribution in [3.8, 4) is 0 Å². The van der Waals surface area contributed by atoms with E-state index in [0.29, 0.717) is 13.1 Å². The van der Waals surface area contributed by atoms with Gasteiger partial charge in [0.2, 0.25) is 11.8 Å². The van der Waals surface area contributed by atoms with E-state index in [1.54, 1.807) is 0 Å². The van der Waals surface area contributed by atoms with Crippen molar-refractivity contribution < 1.29 is 9.59 Å². The van der Waals surface area contributed by atoms with Gasteiger partial charge in [-0.15, -0.1) is 0 Å². The lowest BCUT2D eigenvalue weighted by molar-refractivity contribution is -0.126. The van der Waals surface area contributed by atoms with Crippen LogP contribution in [0.3, 0.4) is 0 Å². The predicted octanol–water partition coefficient (Wildman–Crippen LogP) is 3.80. The summed E-state index contributed by atoms with van der Waals surface area (Å²) >= 11 is 0. The third-order valence-corrected chi connectivity index (χ3v) is 7.17. The molecular formula is C27H37N5O2. The van der Waals surface area contributed by atoms with Crippen LogP contribution in [0.15, 0.2) is 36.4 Å². The Kier molecular flexibility index (Phi) is 7.70. The van der Waals surface area contributed by atoms with Crippen LogP contribution < -0.4 is 20.9 Å². The van der Waals surface area contributed by atoms with Gasteiger partial charge < -0.3 is 20.9 Å². The van der Waals surface area contributed by atoms with Gasteiger partial charge >= 0.3 is 0 Å². The second kappa shape index (κ2) is 10.9. The maximum absolute atomic E-state index is 12.1. The molecule has 2 fully saturated rings. The number of amides is 2.